The predicted octanol–water partition coefficient (Wildman–Crippen LogP) is -0.0819. The first kappa shape index (κ1) is 16.5. The summed E-state index contributed by atoms with van der Waals surface area (Å²) in [7, 11) is 1.53. The molecule has 0 spiro atoms. The van der Waals surface area contributed by atoms with Crippen LogP contribution in [0, 0.1) is 0 Å². The molecule has 21 heavy (non-hydrogen) atoms. The van der Waals surface area contributed by atoms with Crippen molar-refractivity contribution in [3.63, 3.8) is 0 Å². The van der Waals surface area contributed by atoms with Gasteiger partial charge in [-0.25, -0.2) is 0 Å². The number of hydrogen-bond donors (Lipinski definition) is 3. The molecule has 0 aliphatic rings. The minimum atomic E-state index is -0.201. The van der Waals surface area contributed by atoms with Crippen molar-refractivity contribution in [2.45, 2.75) is 13.3 Å². The molecule has 0 atom stereocenters. The molecule has 1 aromatic carbocycles. The summed E-state index contributed by atoms with van der Waals surface area (Å²) < 4.78 is 0. The number of benzene rings is 1. The highest BCUT2D eigenvalue weighted by Gasteiger charge is 2.15. The van der Waals surface area contributed by atoms with Crippen LogP contribution in [-0.4, -0.2) is 47.9 Å². The minimum Gasteiger partial charge on any atom is -0.409 e. The van der Waals surface area contributed by atoms with Gasteiger partial charge in [0.2, 0.25) is 11.8 Å². The largest absolute Gasteiger partial charge is 0.409 e. The topological polar surface area (TPSA) is 108 Å². The molecule has 114 valence electrons. The highest BCUT2D eigenvalue weighted by molar-refractivity contribution is 5.97. The smallest absolute Gasteiger partial charge is 0.239 e. The zero-order chi connectivity index (χ0) is 15.8. The van der Waals surface area contributed by atoms with Crippen molar-refractivity contribution in [1.29, 1.82) is 0 Å². The molecule has 0 saturated heterocycles. The maximum atomic E-state index is 12.1. The number of nitrogens with zero attached hydrogens (tertiary/aromatic N) is 2. The number of hydrogen-bond acceptors (Lipinski definition) is 4. The van der Waals surface area contributed by atoms with Crippen LogP contribution in [0.3, 0.4) is 0 Å². The first-order chi connectivity index (χ1) is 10.0. The van der Waals surface area contributed by atoms with Crippen molar-refractivity contribution >= 4 is 17.6 Å². The molecule has 0 heterocycles. The second-order valence-corrected chi connectivity index (χ2v) is 4.44. The van der Waals surface area contributed by atoms with Gasteiger partial charge in [0.05, 0.1) is 13.0 Å². The highest BCUT2D eigenvalue weighted by atomic mass is 16.4. The average Bonchev–Trinajstić information content (AvgIpc) is 2.52. The van der Waals surface area contributed by atoms with E-state index in [1.807, 2.05) is 6.92 Å². The van der Waals surface area contributed by atoms with E-state index in [1.54, 1.807) is 24.3 Å². The average molecular weight is 292 g/mol. The van der Waals surface area contributed by atoms with Crippen molar-refractivity contribution in [2.24, 2.45) is 10.9 Å². The number of oxime groups is 1. The third-order valence-corrected chi connectivity index (χ3v) is 3.06. The Labute approximate surface area is 123 Å². The zero-order valence-corrected chi connectivity index (χ0v) is 12.2. The lowest BCUT2D eigenvalue weighted by Gasteiger charge is -2.19. The van der Waals surface area contributed by atoms with Gasteiger partial charge in [-0.05, 0) is 12.5 Å². The van der Waals surface area contributed by atoms with Crippen LogP contribution in [0.1, 0.15) is 18.1 Å². The molecular formula is C14H20N4O3. The molecule has 0 aromatic heterocycles. The number of amides is 2. The number of rotatable bonds is 6. The Hall–Kier alpha value is -2.57. The summed E-state index contributed by atoms with van der Waals surface area (Å²) in [5.74, 6) is -0.312. The van der Waals surface area contributed by atoms with Gasteiger partial charge in [-0.2, -0.15) is 0 Å². The lowest BCUT2D eigenvalue weighted by atomic mass is 10.1. The maximum Gasteiger partial charge on any atom is 0.239 e. The van der Waals surface area contributed by atoms with Crippen LogP contribution in [0.4, 0.5) is 0 Å². The summed E-state index contributed by atoms with van der Waals surface area (Å²) >= 11 is 0. The molecule has 1 aromatic rings. The third kappa shape index (κ3) is 4.79. The van der Waals surface area contributed by atoms with Gasteiger partial charge in [-0.3, -0.25) is 9.59 Å². The molecule has 1 rings (SSSR count). The zero-order valence-electron chi connectivity index (χ0n) is 12.2. The molecule has 0 unspecified atom stereocenters. The first-order valence-corrected chi connectivity index (χ1v) is 6.57. The van der Waals surface area contributed by atoms with Crippen LogP contribution in [0.5, 0.6) is 0 Å². The van der Waals surface area contributed by atoms with Crippen LogP contribution < -0.4 is 11.1 Å². The normalized spacial score (nSPS) is 11.0. The maximum absolute atomic E-state index is 12.1. The summed E-state index contributed by atoms with van der Waals surface area (Å²) in [6, 6.07) is 6.82. The second-order valence-electron chi connectivity index (χ2n) is 4.44. The summed E-state index contributed by atoms with van der Waals surface area (Å²) in [5.41, 5.74) is 6.84. The highest BCUT2D eigenvalue weighted by Crippen LogP contribution is 2.07. The summed E-state index contributed by atoms with van der Waals surface area (Å²) in [6.07, 6.45) is 0.196. The van der Waals surface area contributed by atoms with Gasteiger partial charge in [0, 0.05) is 19.2 Å². The molecule has 0 saturated carbocycles. The molecule has 0 aliphatic heterocycles. The number of carbonyl (C=O) groups excluding carboxylic acids is 2. The quantitative estimate of drug-likeness (QED) is 0.295. The van der Waals surface area contributed by atoms with Crippen LogP contribution in [0.2, 0.25) is 0 Å². The van der Waals surface area contributed by atoms with E-state index in [0.29, 0.717) is 12.1 Å². The molecule has 0 radical (unpaired) electrons. The molecule has 7 heteroatoms. The predicted molar refractivity (Wildman–Crippen MR) is 79.0 cm³/mol. The molecule has 4 N–H and O–H groups in total. The van der Waals surface area contributed by atoms with E-state index in [-0.39, 0.29) is 30.6 Å². The first-order valence-electron chi connectivity index (χ1n) is 6.57. The fourth-order valence-corrected chi connectivity index (χ4v) is 1.77. The molecule has 2 amide bonds. The Balaban J connectivity index is 2.71. The lowest BCUT2D eigenvalue weighted by molar-refractivity contribution is -0.135. The standard InChI is InChI=1S/C14H20N4O3/c1-3-18(9-12(19)16-2)13(20)8-10-4-6-11(7-5-10)14(15)17-21/h4-7,21H,3,8-9H2,1-2H3,(H2,15,17)(H,16,19). The number of amidine groups is 1. The number of carbonyl (C=O) groups is 2. The molecule has 7 nitrogen and oxygen atoms in total. The van der Waals surface area contributed by atoms with E-state index in [2.05, 4.69) is 10.5 Å². The Bertz CT molecular complexity index is 526. The van der Waals surface area contributed by atoms with Crippen molar-refractivity contribution in [2.75, 3.05) is 20.1 Å². The Morgan fingerprint density at radius 1 is 1.33 bits per heavy atom. The van der Waals surface area contributed by atoms with Crippen LogP contribution >= 0.6 is 0 Å². The van der Waals surface area contributed by atoms with Gasteiger partial charge >= 0.3 is 0 Å². The van der Waals surface area contributed by atoms with E-state index >= 15 is 0 Å². The number of nitrogens with two attached hydrogens (primary N) is 1. The number of nitrogens with one attached hydrogen (secondary N) is 1. The second kappa shape index (κ2) is 7.88. The van der Waals surface area contributed by atoms with E-state index in [1.165, 1.54) is 11.9 Å². The van der Waals surface area contributed by atoms with E-state index in [9.17, 15) is 9.59 Å². The van der Waals surface area contributed by atoms with Crippen molar-refractivity contribution in [3.8, 4) is 0 Å². The van der Waals surface area contributed by atoms with Crippen molar-refractivity contribution < 1.29 is 14.8 Å². The van der Waals surface area contributed by atoms with E-state index in [0.717, 1.165) is 5.56 Å². The van der Waals surface area contributed by atoms with Gasteiger partial charge in [-0.1, -0.05) is 29.4 Å². The van der Waals surface area contributed by atoms with Gasteiger partial charge in [-0.15, -0.1) is 0 Å². The van der Waals surface area contributed by atoms with E-state index in [4.69, 9.17) is 10.9 Å². The van der Waals surface area contributed by atoms with Gasteiger partial charge in [0.1, 0.15) is 0 Å². The van der Waals surface area contributed by atoms with Gasteiger partial charge < -0.3 is 21.2 Å². The Kier molecular flexibility index (Phi) is 6.19. The summed E-state index contributed by atoms with van der Waals surface area (Å²) in [4.78, 5) is 24.9. The van der Waals surface area contributed by atoms with Crippen LogP contribution in [0.25, 0.3) is 0 Å². The fraction of sp³-hybridized carbons (Fsp3) is 0.357. The summed E-state index contributed by atoms with van der Waals surface area (Å²) in [6.45, 7) is 2.34. The monoisotopic (exact) mass is 292 g/mol. The summed E-state index contributed by atoms with van der Waals surface area (Å²) in [5, 5.41) is 14.0. The third-order valence-electron chi connectivity index (χ3n) is 3.06. The number of likely N-dealkylation sites (N-methyl/N-ethyl adjacent to an activating group) is 2. The SMILES string of the molecule is CCN(CC(=O)NC)C(=O)Cc1ccc(C(N)=NO)cc1. The Morgan fingerprint density at radius 3 is 2.43 bits per heavy atom. The van der Waals surface area contributed by atoms with Crippen LogP contribution in [-0.2, 0) is 16.0 Å². The Morgan fingerprint density at radius 2 is 1.95 bits per heavy atom. The fourth-order valence-electron chi connectivity index (χ4n) is 1.77. The molecule has 0 fully saturated rings. The van der Waals surface area contributed by atoms with Crippen LogP contribution in [0.15, 0.2) is 29.4 Å². The minimum absolute atomic E-state index is 0.0164. The van der Waals surface area contributed by atoms with Gasteiger partial charge in [0.15, 0.2) is 5.84 Å². The van der Waals surface area contributed by atoms with E-state index < -0.39 is 0 Å². The van der Waals surface area contributed by atoms with Crippen molar-refractivity contribution in [3.05, 3.63) is 35.4 Å². The molecule has 0 bridgehead atoms. The molecule has 0 aliphatic carbocycles. The lowest BCUT2D eigenvalue weighted by Crippen LogP contribution is -2.40. The molecular weight excluding hydrogens is 272 g/mol. The van der Waals surface area contributed by atoms with Gasteiger partial charge in [0.25, 0.3) is 0 Å². The van der Waals surface area contributed by atoms with Crippen molar-refractivity contribution in [1.82, 2.24) is 10.2 Å².